The van der Waals surface area contributed by atoms with Gasteiger partial charge in [-0.1, -0.05) is 28.4 Å². The van der Waals surface area contributed by atoms with Gasteiger partial charge in [-0.25, -0.2) is 0 Å². The second kappa shape index (κ2) is 4.77. The Labute approximate surface area is 106 Å². The van der Waals surface area contributed by atoms with Crippen molar-refractivity contribution in [3.05, 3.63) is 44.2 Å². The molecule has 0 atom stereocenters. The van der Waals surface area contributed by atoms with E-state index in [1.54, 1.807) is 0 Å². The fraction of sp³-hybridized carbons (Fsp3) is 0.0909. The van der Waals surface area contributed by atoms with Crippen molar-refractivity contribution in [1.82, 2.24) is 0 Å². The maximum Gasteiger partial charge on any atom is 0.201 e. The predicted molar refractivity (Wildman–Crippen MR) is 67.1 cm³/mol. The van der Waals surface area contributed by atoms with Crippen molar-refractivity contribution in [2.45, 2.75) is 0 Å². The summed E-state index contributed by atoms with van der Waals surface area (Å²) in [4.78, 5) is 16.5. The van der Waals surface area contributed by atoms with Crippen molar-refractivity contribution in [3.63, 3.8) is 0 Å². The minimum atomic E-state index is -0.267. The highest BCUT2D eigenvalue weighted by Gasteiger charge is 2.10. The highest BCUT2D eigenvalue weighted by molar-refractivity contribution is 6.38. The quantitative estimate of drug-likeness (QED) is 0.623. The standard InChI is InChI=1S/C11H7Cl2NO3/c1-16-14-4-6-5-17-11-8(10(6)15)2-7(12)3-9(11)13/h2-5H,1H3/b14-4+. The molecule has 0 unspecified atom stereocenters. The van der Waals surface area contributed by atoms with Crippen LogP contribution >= 0.6 is 23.2 Å². The second-order valence-corrected chi connectivity index (χ2v) is 4.05. The lowest BCUT2D eigenvalue weighted by Crippen LogP contribution is -2.08. The van der Waals surface area contributed by atoms with E-state index in [1.165, 1.54) is 31.7 Å². The summed E-state index contributed by atoms with van der Waals surface area (Å²) in [5.74, 6) is 0. The number of hydrogen-bond acceptors (Lipinski definition) is 4. The van der Waals surface area contributed by atoms with E-state index >= 15 is 0 Å². The Hall–Kier alpha value is -1.52. The van der Waals surface area contributed by atoms with Crippen LogP contribution in [0.15, 0.2) is 32.8 Å². The molecule has 0 radical (unpaired) electrons. The predicted octanol–water partition coefficient (Wildman–Crippen LogP) is 3.08. The zero-order valence-electron chi connectivity index (χ0n) is 8.74. The molecular weight excluding hydrogens is 265 g/mol. The van der Waals surface area contributed by atoms with Crippen molar-refractivity contribution in [2.75, 3.05) is 7.11 Å². The van der Waals surface area contributed by atoms with Crippen LogP contribution < -0.4 is 5.43 Å². The largest absolute Gasteiger partial charge is 0.462 e. The molecule has 0 spiro atoms. The van der Waals surface area contributed by atoms with Crippen molar-refractivity contribution in [1.29, 1.82) is 0 Å². The van der Waals surface area contributed by atoms with E-state index in [1.807, 2.05) is 0 Å². The van der Waals surface area contributed by atoms with Gasteiger partial charge in [0.25, 0.3) is 0 Å². The first-order valence-electron chi connectivity index (χ1n) is 4.60. The second-order valence-electron chi connectivity index (χ2n) is 3.20. The van der Waals surface area contributed by atoms with Gasteiger partial charge in [0.05, 0.1) is 22.2 Å². The third kappa shape index (κ3) is 2.28. The lowest BCUT2D eigenvalue weighted by Gasteiger charge is -2.01. The Morgan fingerprint density at radius 1 is 1.41 bits per heavy atom. The van der Waals surface area contributed by atoms with Gasteiger partial charge in [0.2, 0.25) is 5.43 Å². The molecule has 2 rings (SSSR count). The lowest BCUT2D eigenvalue weighted by atomic mass is 10.2. The van der Waals surface area contributed by atoms with Crippen LogP contribution in [0.2, 0.25) is 10.0 Å². The van der Waals surface area contributed by atoms with Crippen LogP contribution in [0.5, 0.6) is 0 Å². The van der Waals surface area contributed by atoms with Gasteiger partial charge in [-0.15, -0.1) is 0 Å². The number of nitrogens with zero attached hydrogens (tertiary/aromatic N) is 1. The Bertz CT molecular complexity index is 649. The number of hydrogen-bond donors (Lipinski definition) is 0. The van der Waals surface area contributed by atoms with Crippen LogP contribution in [0.4, 0.5) is 0 Å². The summed E-state index contributed by atoms with van der Waals surface area (Å²) in [6.07, 6.45) is 2.53. The van der Waals surface area contributed by atoms with Crippen LogP contribution in [-0.2, 0) is 4.84 Å². The topological polar surface area (TPSA) is 51.8 Å². The molecule has 1 heterocycles. The maximum absolute atomic E-state index is 12.0. The molecule has 0 saturated heterocycles. The highest BCUT2D eigenvalue weighted by Crippen LogP contribution is 2.25. The molecule has 0 N–H and O–H groups in total. The van der Waals surface area contributed by atoms with Crippen LogP contribution in [0.25, 0.3) is 11.0 Å². The monoisotopic (exact) mass is 271 g/mol. The normalized spacial score (nSPS) is 11.2. The first-order chi connectivity index (χ1) is 8.13. The van der Waals surface area contributed by atoms with Gasteiger partial charge in [-0.3, -0.25) is 4.79 Å². The smallest absolute Gasteiger partial charge is 0.201 e. The third-order valence-corrected chi connectivity index (χ3v) is 2.62. The molecule has 0 aliphatic heterocycles. The minimum Gasteiger partial charge on any atom is -0.462 e. The van der Waals surface area contributed by atoms with E-state index in [4.69, 9.17) is 27.6 Å². The van der Waals surface area contributed by atoms with Crippen molar-refractivity contribution < 1.29 is 9.25 Å². The number of halogens is 2. The number of oxime groups is 1. The molecule has 17 heavy (non-hydrogen) atoms. The zero-order valence-corrected chi connectivity index (χ0v) is 10.2. The van der Waals surface area contributed by atoms with Crippen molar-refractivity contribution in [2.24, 2.45) is 5.16 Å². The first kappa shape index (κ1) is 12.0. The van der Waals surface area contributed by atoms with Gasteiger partial charge in [0, 0.05) is 5.02 Å². The summed E-state index contributed by atoms with van der Waals surface area (Å²) >= 11 is 11.7. The fourth-order valence-electron chi connectivity index (χ4n) is 1.38. The SMILES string of the molecule is CO/N=C/c1coc2c(Cl)cc(Cl)cc2c1=O. The van der Waals surface area contributed by atoms with Gasteiger partial charge in [-0.2, -0.15) is 0 Å². The van der Waals surface area contributed by atoms with Gasteiger partial charge < -0.3 is 9.25 Å². The van der Waals surface area contributed by atoms with E-state index in [0.29, 0.717) is 21.0 Å². The van der Waals surface area contributed by atoms with E-state index < -0.39 is 0 Å². The summed E-state index contributed by atoms with van der Waals surface area (Å²) in [5, 5.41) is 4.47. The van der Waals surface area contributed by atoms with Gasteiger partial charge in [-0.05, 0) is 12.1 Å². The Morgan fingerprint density at radius 3 is 2.88 bits per heavy atom. The summed E-state index contributed by atoms with van der Waals surface area (Å²) in [6, 6.07) is 3.01. The van der Waals surface area contributed by atoms with Crippen LogP contribution in [-0.4, -0.2) is 13.3 Å². The molecule has 0 saturated carbocycles. The molecular formula is C11H7Cl2NO3. The van der Waals surface area contributed by atoms with Crippen LogP contribution in [0.3, 0.4) is 0 Å². The van der Waals surface area contributed by atoms with Gasteiger partial charge >= 0.3 is 0 Å². The molecule has 6 heteroatoms. The molecule has 1 aromatic carbocycles. The summed E-state index contributed by atoms with van der Waals surface area (Å²) < 4.78 is 5.27. The Morgan fingerprint density at radius 2 is 2.18 bits per heavy atom. The lowest BCUT2D eigenvalue weighted by molar-refractivity contribution is 0.215. The van der Waals surface area contributed by atoms with Crippen molar-refractivity contribution >= 4 is 40.4 Å². The summed E-state index contributed by atoms with van der Waals surface area (Å²) in [5.41, 5.74) is 0.296. The van der Waals surface area contributed by atoms with Crippen LogP contribution in [0, 0.1) is 0 Å². The van der Waals surface area contributed by atoms with E-state index in [9.17, 15) is 4.79 Å². The van der Waals surface area contributed by atoms with Crippen molar-refractivity contribution in [3.8, 4) is 0 Å². The number of benzene rings is 1. The Kier molecular flexibility index (Phi) is 3.36. The molecule has 0 fully saturated rings. The van der Waals surface area contributed by atoms with E-state index in [0.717, 1.165) is 0 Å². The third-order valence-electron chi connectivity index (χ3n) is 2.12. The molecule has 0 bridgehead atoms. The molecule has 0 amide bonds. The van der Waals surface area contributed by atoms with E-state index in [2.05, 4.69) is 9.99 Å². The minimum absolute atomic E-state index is 0.262. The first-order valence-corrected chi connectivity index (χ1v) is 5.36. The zero-order chi connectivity index (χ0) is 12.4. The van der Waals surface area contributed by atoms with Gasteiger partial charge in [0.1, 0.15) is 13.4 Å². The molecule has 88 valence electrons. The molecule has 1 aromatic heterocycles. The average molecular weight is 272 g/mol. The number of rotatable bonds is 2. The van der Waals surface area contributed by atoms with E-state index in [-0.39, 0.29) is 11.0 Å². The van der Waals surface area contributed by atoms with Gasteiger partial charge in [0.15, 0.2) is 5.58 Å². The summed E-state index contributed by atoms with van der Waals surface area (Å²) in [7, 11) is 1.38. The molecule has 0 aliphatic carbocycles. The maximum atomic E-state index is 12.0. The molecule has 0 aliphatic rings. The average Bonchev–Trinajstić information content (AvgIpc) is 2.29. The highest BCUT2D eigenvalue weighted by atomic mass is 35.5. The van der Waals surface area contributed by atoms with Crippen LogP contribution in [0.1, 0.15) is 5.56 Å². The molecule has 2 aromatic rings. The molecule has 4 nitrogen and oxygen atoms in total. The Balaban J connectivity index is 2.75. The fourth-order valence-corrected chi connectivity index (χ4v) is 1.92. The number of fused-ring (bicyclic) bond motifs is 1. The summed E-state index contributed by atoms with van der Waals surface area (Å²) in [6.45, 7) is 0.